The van der Waals surface area contributed by atoms with Gasteiger partial charge < -0.3 is 10.1 Å². The Kier molecular flexibility index (Phi) is 3.32. The second kappa shape index (κ2) is 5.08. The van der Waals surface area contributed by atoms with Gasteiger partial charge in [-0.05, 0) is 49.8 Å². The molecule has 0 radical (unpaired) electrons. The molecule has 2 saturated heterocycles. The summed E-state index contributed by atoms with van der Waals surface area (Å²) < 4.78 is 6.12. The molecule has 3 nitrogen and oxygen atoms in total. The molecule has 0 aliphatic carbocycles. The van der Waals surface area contributed by atoms with Crippen molar-refractivity contribution in [2.24, 2.45) is 11.8 Å². The van der Waals surface area contributed by atoms with Crippen molar-refractivity contribution in [3.8, 4) is 0 Å². The van der Waals surface area contributed by atoms with E-state index in [0.29, 0.717) is 0 Å². The van der Waals surface area contributed by atoms with Gasteiger partial charge in [0.05, 0.1) is 12.7 Å². The number of hydrogen-bond acceptors (Lipinski definition) is 3. The summed E-state index contributed by atoms with van der Waals surface area (Å²) in [7, 11) is 0. The predicted octanol–water partition coefficient (Wildman–Crippen LogP) is 2.23. The summed E-state index contributed by atoms with van der Waals surface area (Å²) in [6.07, 6.45) is 1.31. The van der Waals surface area contributed by atoms with Gasteiger partial charge in [0.25, 0.3) is 0 Å². The van der Waals surface area contributed by atoms with E-state index in [-0.39, 0.29) is 11.6 Å². The normalized spacial score (nSPS) is 34.7. The first-order valence-electron chi connectivity index (χ1n) is 8.31. The summed E-state index contributed by atoms with van der Waals surface area (Å²) in [6.45, 7) is 10.3. The van der Waals surface area contributed by atoms with E-state index < -0.39 is 0 Å². The number of rotatable bonds is 2. The first kappa shape index (κ1) is 13.7. The van der Waals surface area contributed by atoms with Crippen molar-refractivity contribution >= 4 is 0 Å². The average Bonchev–Trinajstić information content (AvgIpc) is 3.03. The molecule has 3 unspecified atom stereocenters. The Morgan fingerprint density at radius 1 is 1.29 bits per heavy atom. The number of fused-ring (bicyclic) bond motifs is 2. The van der Waals surface area contributed by atoms with Gasteiger partial charge in [-0.1, -0.05) is 24.3 Å². The molecule has 4 rings (SSSR count). The first-order valence-corrected chi connectivity index (χ1v) is 8.31. The van der Waals surface area contributed by atoms with Crippen molar-refractivity contribution in [2.45, 2.75) is 31.9 Å². The molecule has 21 heavy (non-hydrogen) atoms. The quantitative estimate of drug-likeness (QED) is 0.902. The Balaban J connectivity index is 1.55. The highest BCUT2D eigenvalue weighted by Crippen LogP contribution is 2.42. The zero-order chi connectivity index (χ0) is 14.4. The van der Waals surface area contributed by atoms with E-state index in [0.717, 1.165) is 31.4 Å². The summed E-state index contributed by atoms with van der Waals surface area (Å²) in [5.74, 6) is 1.61. The predicted molar refractivity (Wildman–Crippen MR) is 84.3 cm³/mol. The highest BCUT2D eigenvalue weighted by atomic mass is 16.5. The lowest BCUT2D eigenvalue weighted by molar-refractivity contribution is -0.00266. The molecule has 3 heterocycles. The van der Waals surface area contributed by atoms with Crippen molar-refractivity contribution in [2.75, 3.05) is 32.8 Å². The van der Waals surface area contributed by atoms with Crippen molar-refractivity contribution in [1.82, 2.24) is 10.2 Å². The van der Waals surface area contributed by atoms with Crippen LogP contribution in [0, 0.1) is 11.8 Å². The van der Waals surface area contributed by atoms with Gasteiger partial charge in [0, 0.05) is 25.2 Å². The lowest BCUT2D eigenvalue weighted by atomic mass is 9.84. The third-order valence-corrected chi connectivity index (χ3v) is 6.00. The largest absolute Gasteiger partial charge is 0.372 e. The van der Waals surface area contributed by atoms with Crippen molar-refractivity contribution < 1.29 is 4.74 Å². The van der Waals surface area contributed by atoms with Gasteiger partial charge in [0.1, 0.15) is 0 Å². The van der Waals surface area contributed by atoms with Crippen LogP contribution in [-0.2, 0) is 11.2 Å². The van der Waals surface area contributed by atoms with Crippen LogP contribution in [0.15, 0.2) is 24.3 Å². The maximum Gasteiger partial charge on any atom is 0.0954 e. The molecule has 0 aromatic heterocycles. The van der Waals surface area contributed by atoms with Gasteiger partial charge in [0.15, 0.2) is 0 Å². The second-order valence-electron chi connectivity index (χ2n) is 7.39. The van der Waals surface area contributed by atoms with Gasteiger partial charge in [0.2, 0.25) is 0 Å². The van der Waals surface area contributed by atoms with Gasteiger partial charge in [-0.25, -0.2) is 0 Å². The van der Waals surface area contributed by atoms with Gasteiger partial charge in [-0.15, -0.1) is 0 Å². The van der Waals surface area contributed by atoms with Crippen LogP contribution in [0.2, 0.25) is 0 Å². The topological polar surface area (TPSA) is 24.5 Å². The van der Waals surface area contributed by atoms with E-state index >= 15 is 0 Å². The fourth-order valence-electron chi connectivity index (χ4n) is 4.64. The average molecular weight is 286 g/mol. The maximum atomic E-state index is 6.12. The lowest BCUT2D eigenvalue weighted by Gasteiger charge is -2.39. The molecule has 114 valence electrons. The van der Waals surface area contributed by atoms with E-state index in [1.54, 1.807) is 0 Å². The SMILES string of the molecule is CC1(C)C2CNCC2CN1CC1OCCc2ccccc21. The fourth-order valence-corrected chi connectivity index (χ4v) is 4.64. The van der Waals surface area contributed by atoms with Crippen LogP contribution in [0.3, 0.4) is 0 Å². The summed E-state index contributed by atoms with van der Waals surface area (Å²) in [4.78, 5) is 2.68. The smallest absolute Gasteiger partial charge is 0.0954 e. The van der Waals surface area contributed by atoms with Crippen LogP contribution in [-0.4, -0.2) is 43.2 Å². The van der Waals surface area contributed by atoms with Crippen LogP contribution in [0.25, 0.3) is 0 Å². The molecule has 1 aromatic carbocycles. The molecule has 0 saturated carbocycles. The molecule has 3 aliphatic rings. The van der Waals surface area contributed by atoms with Gasteiger partial charge in [-0.3, -0.25) is 4.90 Å². The number of nitrogens with zero attached hydrogens (tertiary/aromatic N) is 1. The Morgan fingerprint density at radius 2 is 2.14 bits per heavy atom. The number of nitrogens with one attached hydrogen (secondary N) is 1. The highest BCUT2D eigenvalue weighted by molar-refractivity contribution is 5.31. The zero-order valence-electron chi connectivity index (χ0n) is 13.1. The second-order valence-corrected chi connectivity index (χ2v) is 7.39. The number of benzene rings is 1. The molecule has 1 aromatic rings. The summed E-state index contributed by atoms with van der Waals surface area (Å²) in [5, 5.41) is 3.56. The molecular weight excluding hydrogens is 260 g/mol. The van der Waals surface area contributed by atoms with E-state index in [9.17, 15) is 0 Å². The van der Waals surface area contributed by atoms with Crippen LogP contribution in [0.1, 0.15) is 31.1 Å². The summed E-state index contributed by atoms with van der Waals surface area (Å²) >= 11 is 0. The molecule has 0 amide bonds. The summed E-state index contributed by atoms with van der Waals surface area (Å²) in [5.41, 5.74) is 3.17. The number of ether oxygens (including phenoxy) is 1. The van der Waals surface area contributed by atoms with E-state index in [2.05, 4.69) is 48.3 Å². The minimum atomic E-state index is 0.251. The first-order chi connectivity index (χ1) is 10.2. The Labute approximate surface area is 127 Å². The molecular formula is C18H26N2O. The van der Waals surface area contributed by atoms with Crippen molar-refractivity contribution in [3.63, 3.8) is 0 Å². The Morgan fingerprint density at radius 3 is 3.00 bits per heavy atom. The number of hydrogen-bond donors (Lipinski definition) is 1. The lowest BCUT2D eigenvalue weighted by Crippen LogP contribution is -2.46. The van der Waals surface area contributed by atoms with Crippen LogP contribution in [0.5, 0.6) is 0 Å². The van der Waals surface area contributed by atoms with E-state index in [1.807, 2.05) is 0 Å². The Bertz CT molecular complexity index is 528. The van der Waals surface area contributed by atoms with Crippen molar-refractivity contribution in [1.29, 1.82) is 0 Å². The molecule has 1 N–H and O–H groups in total. The molecule has 3 atom stereocenters. The molecule has 3 aliphatic heterocycles. The van der Waals surface area contributed by atoms with Crippen LogP contribution in [0.4, 0.5) is 0 Å². The minimum absolute atomic E-state index is 0.251. The third-order valence-electron chi connectivity index (χ3n) is 6.00. The summed E-state index contributed by atoms with van der Waals surface area (Å²) in [6, 6.07) is 8.81. The molecule has 2 fully saturated rings. The standard InChI is InChI=1S/C18H26N2O/c1-18(2)16-10-19-9-14(16)11-20(18)12-17-15-6-4-3-5-13(15)7-8-21-17/h3-6,14,16-17,19H,7-12H2,1-2H3. The maximum absolute atomic E-state index is 6.12. The molecule has 0 spiro atoms. The number of likely N-dealkylation sites (tertiary alicyclic amines) is 1. The Hall–Kier alpha value is -0.900. The van der Waals surface area contributed by atoms with E-state index in [4.69, 9.17) is 4.74 Å². The highest BCUT2D eigenvalue weighted by Gasteiger charge is 2.49. The minimum Gasteiger partial charge on any atom is -0.372 e. The van der Waals surface area contributed by atoms with Crippen LogP contribution < -0.4 is 5.32 Å². The van der Waals surface area contributed by atoms with Gasteiger partial charge in [-0.2, -0.15) is 0 Å². The fraction of sp³-hybridized carbons (Fsp3) is 0.667. The van der Waals surface area contributed by atoms with Crippen molar-refractivity contribution in [3.05, 3.63) is 35.4 Å². The molecule has 3 heteroatoms. The molecule has 0 bridgehead atoms. The zero-order valence-corrected chi connectivity index (χ0v) is 13.1. The van der Waals surface area contributed by atoms with E-state index in [1.165, 1.54) is 30.8 Å². The third kappa shape index (κ3) is 2.23. The monoisotopic (exact) mass is 286 g/mol. The van der Waals surface area contributed by atoms with Gasteiger partial charge >= 0.3 is 0 Å². The van der Waals surface area contributed by atoms with Crippen LogP contribution >= 0.6 is 0 Å².